The second-order valence-electron chi connectivity index (χ2n) is 7.31. The average Bonchev–Trinajstić information content (AvgIpc) is 3.18. The molecule has 0 radical (unpaired) electrons. The van der Waals surface area contributed by atoms with Crippen molar-refractivity contribution in [3.05, 3.63) is 48.2 Å². The average molecular weight is 404 g/mol. The first-order chi connectivity index (χ1) is 13.2. The number of carbonyl (C=O) groups is 1. The number of ether oxygens (including phenoxy) is 1. The molecule has 0 aliphatic carbocycles. The molecule has 0 unspecified atom stereocenters. The Kier molecular flexibility index (Phi) is 5.29. The summed E-state index contributed by atoms with van der Waals surface area (Å²) in [6.07, 6.45) is 0.428. The molecule has 0 aliphatic heterocycles. The number of fused-ring (bicyclic) bond motifs is 1. The number of aromatic nitrogens is 4. The van der Waals surface area contributed by atoms with Gasteiger partial charge in [0.1, 0.15) is 4.83 Å². The number of hydrogen-bond donors (Lipinski definition) is 1. The molecule has 0 saturated carbocycles. The van der Waals surface area contributed by atoms with Gasteiger partial charge in [0.05, 0.1) is 23.8 Å². The van der Waals surface area contributed by atoms with E-state index in [1.54, 1.807) is 4.57 Å². The smallest absolute Gasteiger partial charge is 0.339 e. The van der Waals surface area contributed by atoms with Gasteiger partial charge in [-0.05, 0) is 19.8 Å². The minimum atomic E-state index is -0.577. The van der Waals surface area contributed by atoms with Crippen LogP contribution in [-0.4, -0.2) is 32.4 Å². The summed E-state index contributed by atoms with van der Waals surface area (Å²) in [5.41, 5.74) is 2.07. The van der Waals surface area contributed by atoms with E-state index < -0.39 is 11.5 Å². The molecule has 0 atom stereocenters. The van der Waals surface area contributed by atoms with Gasteiger partial charge in [0.25, 0.3) is 5.56 Å². The van der Waals surface area contributed by atoms with E-state index in [1.807, 2.05) is 27.7 Å². The zero-order valence-corrected chi connectivity index (χ0v) is 17.7. The first-order valence-electron chi connectivity index (χ1n) is 9.01. The molecular weight excluding hydrogens is 380 g/mol. The van der Waals surface area contributed by atoms with Gasteiger partial charge in [-0.2, -0.15) is 5.10 Å². The fourth-order valence-corrected chi connectivity index (χ4v) is 4.63. The SMILES string of the molecule is COC(=O)c1c(Cc2c(C)n[nH]c2C)sc2c1c(=O)n(C)c(=O)n2CC(C)C. The minimum absolute atomic E-state index is 0.198. The number of methoxy groups -OCH3 is 1. The summed E-state index contributed by atoms with van der Waals surface area (Å²) in [4.78, 5) is 39.4. The molecule has 28 heavy (non-hydrogen) atoms. The lowest BCUT2D eigenvalue weighted by molar-refractivity contribution is 0.0602. The van der Waals surface area contributed by atoms with Gasteiger partial charge < -0.3 is 4.74 Å². The lowest BCUT2D eigenvalue weighted by atomic mass is 10.1. The van der Waals surface area contributed by atoms with Crippen LogP contribution in [0.25, 0.3) is 10.2 Å². The number of aromatic amines is 1. The van der Waals surface area contributed by atoms with Crippen LogP contribution >= 0.6 is 11.3 Å². The minimum Gasteiger partial charge on any atom is -0.465 e. The molecule has 3 aromatic rings. The molecule has 3 rings (SSSR count). The highest BCUT2D eigenvalue weighted by atomic mass is 32.1. The lowest BCUT2D eigenvalue weighted by Crippen LogP contribution is -2.38. The first kappa shape index (κ1) is 20.1. The molecule has 0 aromatic carbocycles. The van der Waals surface area contributed by atoms with Crippen LogP contribution < -0.4 is 11.2 Å². The summed E-state index contributed by atoms with van der Waals surface area (Å²) in [6.45, 7) is 8.24. The van der Waals surface area contributed by atoms with Gasteiger partial charge in [-0.1, -0.05) is 13.8 Å². The van der Waals surface area contributed by atoms with Gasteiger partial charge in [-0.25, -0.2) is 9.59 Å². The van der Waals surface area contributed by atoms with Crippen molar-refractivity contribution < 1.29 is 9.53 Å². The zero-order valence-electron chi connectivity index (χ0n) is 16.9. The number of nitrogens with zero attached hydrogens (tertiary/aromatic N) is 3. The molecule has 8 nitrogen and oxygen atoms in total. The van der Waals surface area contributed by atoms with Gasteiger partial charge >= 0.3 is 11.7 Å². The van der Waals surface area contributed by atoms with Crippen molar-refractivity contribution in [1.29, 1.82) is 0 Å². The normalized spacial score (nSPS) is 11.5. The molecular formula is C19H24N4O4S. The van der Waals surface area contributed by atoms with Crippen molar-refractivity contribution >= 4 is 27.5 Å². The molecule has 0 aliphatic rings. The Morgan fingerprint density at radius 1 is 1.29 bits per heavy atom. The van der Waals surface area contributed by atoms with Crippen molar-refractivity contribution in [2.24, 2.45) is 13.0 Å². The predicted molar refractivity (Wildman–Crippen MR) is 108 cm³/mol. The number of nitrogens with one attached hydrogen (secondary N) is 1. The number of esters is 1. The van der Waals surface area contributed by atoms with Gasteiger partial charge in [0, 0.05) is 36.1 Å². The lowest BCUT2D eigenvalue weighted by Gasteiger charge is -2.11. The monoisotopic (exact) mass is 404 g/mol. The molecule has 1 N–H and O–H groups in total. The van der Waals surface area contributed by atoms with Crippen LogP contribution in [-0.2, 0) is 24.8 Å². The Morgan fingerprint density at radius 2 is 1.96 bits per heavy atom. The van der Waals surface area contributed by atoms with Crippen LogP contribution in [0.4, 0.5) is 0 Å². The maximum Gasteiger partial charge on any atom is 0.339 e. The van der Waals surface area contributed by atoms with E-state index in [0.717, 1.165) is 21.5 Å². The predicted octanol–water partition coefficient (Wildman–Crippen LogP) is 2.14. The number of carbonyl (C=O) groups excluding carboxylic acids is 1. The van der Waals surface area contributed by atoms with Crippen LogP contribution in [0.3, 0.4) is 0 Å². The van der Waals surface area contributed by atoms with Crippen LogP contribution in [0.1, 0.15) is 46.0 Å². The summed E-state index contributed by atoms with van der Waals surface area (Å²) >= 11 is 1.30. The number of aryl methyl sites for hydroxylation is 2. The third kappa shape index (κ3) is 3.19. The van der Waals surface area contributed by atoms with E-state index in [4.69, 9.17) is 4.74 Å². The van der Waals surface area contributed by atoms with Gasteiger partial charge in [-0.3, -0.25) is 19.0 Å². The van der Waals surface area contributed by atoms with Crippen molar-refractivity contribution in [3.8, 4) is 0 Å². The van der Waals surface area contributed by atoms with E-state index in [0.29, 0.717) is 22.7 Å². The molecule has 0 spiro atoms. The fourth-order valence-electron chi connectivity index (χ4n) is 3.34. The number of hydrogen-bond acceptors (Lipinski definition) is 6. The Morgan fingerprint density at radius 3 is 2.50 bits per heavy atom. The Hall–Kier alpha value is -2.68. The van der Waals surface area contributed by atoms with E-state index >= 15 is 0 Å². The summed E-state index contributed by atoms with van der Waals surface area (Å²) in [6, 6.07) is 0. The quantitative estimate of drug-likeness (QED) is 0.657. The van der Waals surface area contributed by atoms with E-state index in [9.17, 15) is 14.4 Å². The van der Waals surface area contributed by atoms with E-state index in [2.05, 4.69) is 10.2 Å². The second-order valence-corrected chi connectivity index (χ2v) is 8.40. The van der Waals surface area contributed by atoms with E-state index in [1.165, 1.54) is 25.5 Å². The second kappa shape index (κ2) is 7.38. The fraction of sp³-hybridized carbons (Fsp3) is 0.474. The standard InChI is InChI=1S/C19H24N4O4S/c1-9(2)8-23-17-15(16(24)22(5)19(23)26)14(18(25)27-6)13(28-17)7-12-10(3)20-21-11(12)4/h9H,7-8H2,1-6H3,(H,20,21). The summed E-state index contributed by atoms with van der Waals surface area (Å²) in [5, 5.41) is 7.39. The van der Waals surface area contributed by atoms with Gasteiger partial charge in [-0.15, -0.1) is 11.3 Å². The zero-order chi connectivity index (χ0) is 20.7. The van der Waals surface area contributed by atoms with Gasteiger partial charge in [0.15, 0.2) is 0 Å². The summed E-state index contributed by atoms with van der Waals surface area (Å²) < 4.78 is 7.62. The summed E-state index contributed by atoms with van der Waals surface area (Å²) in [7, 11) is 2.72. The topological polar surface area (TPSA) is 99.0 Å². The number of H-pyrrole nitrogens is 1. The van der Waals surface area contributed by atoms with Crippen LogP contribution in [0.2, 0.25) is 0 Å². The van der Waals surface area contributed by atoms with Crippen LogP contribution in [0, 0.1) is 19.8 Å². The molecule has 0 bridgehead atoms. The third-order valence-electron chi connectivity index (χ3n) is 4.80. The van der Waals surface area contributed by atoms with Crippen molar-refractivity contribution in [2.75, 3.05) is 7.11 Å². The van der Waals surface area contributed by atoms with Gasteiger partial charge in [0.2, 0.25) is 0 Å². The van der Waals surface area contributed by atoms with Crippen molar-refractivity contribution in [1.82, 2.24) is 19.3 Å². The van der Waals surface area contributed by atoms with Crippen LogP contribution in [0.15, 0.2) is 9.59 Å². The number of thiophene rings is 1. The molecule has 9 heteroatoms. The van der Waals surface area contributed by atoms with Crippen LogP contribution in [0.5, 0.6) is 0 Å². The van der Waals surface area contributed by atoms with Crippen molar-refractivity contribution in [2.45, 2.75) is 40.7 Å². The molecule has 3 aromatic heterocycles. The van der Waals surface area contributed by atoms with Crippen molar-refractivity contribution in [3.63, 3.8) is 0 Å². The highest BCUT2D eigenvalue weighted by Gasteiger charge is 2.27. The molecule has 150 valence electrons. The highest BCUT2D eigenvalue weighted by molar-refractivity contribution is 7.19. The third-order valence-corrected chi connectivity index (χ3v) is 6.01. The highest BCUT2D eigenvalue weighted by Crippen LogP contribution is 2.32. The molecule has 3 heterocycles. The molecule has 0 saturated heterocycles. The van der Waals surface area contributed by atoms with E-state index in [-0.39, 0.29) is 22.6 Å². The first-order valence-corrected chi connectivity index (χ1v) is 9.82. The molecule has 0 fully saturated rings. The largest absolute Gasteiger partial charge is 0.465 e. The Labute approximate surface area is 165 Å². The number of rotatable bonds is 5. The summed E-state index contributed by atoms with van der Waals surface area (Å²) in [5.74, 6) is -0.379. The Balaban J connectivity index is 2.39. The maximum absolute atomic E-state index is 12.9. The Bertz CT molecular complexity index is 1160. The molecule has 0 amide bonds. The maximum atomic E-state index is 12.9.